The van der Waals surface area contributed by atoms with Crippen LogP contribution in [0.15, 0.2) is 82.4 Å². The van der Waals surface area contributed by atoms with E-state index in [1.54, 1.807) is 36.4 Å². The van der Waals surface area contributed by atoms with Gasteiger partial charge in [0, 0.05) is 19.5 Å². The number of benzene rings is 3. The average molecular weight is 460 g/mol. The summed E-state index contributed by atoms with van der Waals surface area (Å²) in [6, 6.07) is 20.8. The molecular weight excluding hydrogens is 433 g/mol. The van der Waals surface area contributed by atoms with Crippen molar-refractivity contribution in [1.82, 2.24) is 14.5 Å². The number of amides is 1. The number of halogens is 1. The van der Waals surface area contributed by atoms with Gasteiger partial charge in [-0.05, 0) is 48.7 Å². The summed E-state index contributed by atoms with van der Waals surface area (Å²) in [7, 11) is 0. The number of nitrogens with one attached hydrogen (secondary N) is 1. The van der Waals surface area contributed by atoms with Crippen molar-refractivity contribution in [3.63, 3.8) is 0 Å². The number of aromatic nitrogens is 2. The van der Waals surface area contributed by atoms with Gasteiger partial charge in [-0.2, -0.15) is 0 Å². The highest BCUT2D eigenvalue weighted by atomic mass is 19.1. The van der Waals surface area contributed by atoms with Gasteiger partial charge in [0.2, 0.25) is 5.91 Å². The number of nitrogens with zero attached hydrogens (tertiary/aromatic N) is 2. The predicted octanol–water partition coefficient (Wildman–Crippen LogP) is 3.76. The Morgan fingerprint density at radius 1 is 0.912 bits per heavy atom. The Kier molecular flexibility index (Phi) is 7.01. The van der Waals surface area contributed by atoms with E-state index in [1.165, 1.54) is 16.7 Å². The normalized spacial score (nSPS) is 11.0. The van der Waals surface area contributed by atoms with Crippen LogP contribution in [-0.2, 0) is 24.4 Å². The van der Waals surface area contributed by atoms with Gasteiger partial charge in [-0.25, -0.2) is 9.18 Å². The molecule has 4 rings (SSSR count). The highest BCUT2D eigenvalue weighted by Gasteiger charge is 2.14. The second-order valence-corrected chi connectivity index (χ2v) is 8.34. The van der Waals surface area contributed by atoms with Crippen LogP contribution in [0.4, 0.5) is 4.39 Å². The van der Waals surface area contributed by atoms with Gasteiger partial charge in [0.25, 0.3) is 5.56 Å². The summed E-state index contributed by atoms with van der Waals surface area (Å²) in [5.74, 6) is -0.533. The van der Waals surface area contributed by atoms with Gasteiger partial charge in [-0.15, -0.1) is 0 Å². The van der Waals surface area contributed by atoms with Crippen LogP contribution in [0.1, 0.15) is 29.5 Å². The standard InChI is InChI=1S/C27H26FN3O3/c1-19-11-13-20(14-12-19)17-29-25(32)10-5-15-30-26(33)23-8-2-3-9-24(23)31(27(30)34)18-21-6-4-7-22(28)16-21/h2-4,6-9,11-14,16H,5,10,15,17-18H2,1H3,(H,29,32). The molecule has 0 bridgehead atoms. The third-order valence-corrected chi connectivity index (χ3v) is 5.76. The molecule has 1 N–H and O–H groups in total. The minimum atomic E-state index is -0.479. The van der Waals surface area contributed by atoms with Crippen LogP contribution in [0.3, 0.4) is 0 Å². The zero-order valence-electron chi connectivity index (χ0n) is 19.0. The van der Waals surface area contributed by atoms with Crippen LogP contribution in [-0.4, -0.2) is 15.0 Å². The van der Waals surface area contributed by atoms with E-state index in [-0.39, 0.29) is 31.2 Å². The molecule has 0 fully saturated rings. The van der Waals surface area contributed by atoms with Crippen LogP contribution in [0.5, 0.6) is 0 Å². The highest BCUT2D eigenvalue weighted by molar-refractivity contribution is 5.78. The Bertz CT molecular complexity index is 1440. The lowest BCUT2D eigenvalue weighted by molar-refractivity contribution is -0.121. The molecule has 1 heterocycles. The maximum Gasteiger partial charge on any atom is 0.331 e. The third kappa shape index (κ3) is 5.31. The molecule has 0 aliphatic rings. The van der Waals surface area contributed by atoms with Gasteiger partial charge < -0.3 is 5.32 Å². The summed E-state index contributed by atoms with van der Waals surface area (Å²) in [4.78, 5) is 38.5. The molecule has 4 aromatic rings. The first kappa shape index (κ1) is 23.2. The molecule has 34 heavy (non-hydrogen) atoms. The van der Waals surface area contributed by atoms with Gasteiger partial charge in [0.1, 0.15) is 5.82 Å². The summed E-state index contributed by atoms with van der Waals surface area (Å²) in [5.41, 5.74) is 2.40. The summed E-state index contributed by atoms with van der Waals surface area (Å²) in [6.45, 7) is 2.68. The summed E-state index contributed by atoms with van der Waals surface area (Å²) < 4.78 is 16.3. The molecular formula is C27H26FN3O3. The average Bonchev–Trinajstić information content (AvgIpc) is 2.83. The summed E-state index contributed by atoms with van der Waals surface area (Å²) in [6.07, 6.45) is 0.529. The van der Waals surface area contributed by atoms with Crippen molar-refractivity contribution in [3.8, 4) is 0 Å². The first-order chi connectivity index (χ1) is 16.4. The highest BCUT2D eigenvalue weighted by Crippen LogP contribution is 2.12. The Balaban J connectivity index is 1.50. The summed E-state index contributed by atoms with van der Waals surface area (Å²) in [5, 5.41) is 3.27. The molecule has 0 saturated carbocycles. The number of rotatable bonds is 8. The maximum atomic E-state index is 13.7. The maximum absolute atomic E-state index is 13.7. The van der Waals surface area contributed by atoms with Gasteiger partial charge >= 0.3 is 5.69 Å². The molecule has 1 aromatic heterocycles. The Morgan fingerprint density at radius 2 is 1.68 bits per heavy atom. The molecule has 1 amide bonds. The van der Waals surface area contributed by atoms with Crippen molar-refractivity contribution in [2.75, 3.05) is 0 Å². The van der Waals surface area contributed by atoms with Crippen molar-refractivity contribution in [1.29, 1.82) is 0 Å². The van der Waals surface area contributed by atoms with E-state index in [0.29, 0.717) is 29.4 Å². The molecule has 0 aliphatic heterocycles. The fourth-order valence-electron chi connectivity index (χ4n) is 3.93. The zero-order chi connectivity index (χ0) is 24.1. The molecule has 7 heteroatoms. The number of para-hydroxylation sites is 1. The molecule has 0 aliphatic carbocycles. The number of fused-ring (bicyclic) bond motifs is 1. The molecule has 0 radical (unpaired) electrons. The fraction of sp³-hybridized carbons (Fsp3) is 0.222. The molecule has 3 aromatic carbocycles. The topological polar surface area (TPSA) is 73.1 Å². The van der Waals surface area contributed by atoms with Crippen molar-refractivity contribution in [2.24, 2.45) is 0 Å². The molecule has 174 valence electrons. The van der Waals surface area contributed by atoms with Gasteiger partial charge in [0.15, 0.2) is 0 Å². The minimum Gasteiger partial charge on any atom is -0.352 e. The number of hydrogen-bond donors (Lipinski definition) is 1. The van der Waals surface area contributed by atoms with E-state index in [1.807, 2.05) is 31.2 Å². The molecule has 0 saturated heterocycles. The van der Waals surface area contributed by atoms with Crippen molar-refractivity contribution in [3.05, 3.63) is 116 Å². The zero-order valence-corrected chi connectivity index (χ0v) is 19.0. The first-order valence-corrected chi connectivity index (χ1v) is 11.2. The molecule has 0 unspecified atom stereocenters. The largest absolute Gasteiger partial charge is 0.352 e. The Morgan fingerprint density at radius 3 is 2.44 bits per heavy atom. The van der Waals surface area contributed by atoms with Gasteiger partial charge in [-0.1, -0.05) is 54.1 Å². The van der Waals surface area contributed by atoms with E-state index in [0.717, 1.165) is 15.7 Å². The van der Waals surface area contributed by atoms with E-state index in [9.17, 15) is 18.8 Å². The molecule has 0 spiro atoms. The van der Waals surface area contributed by atoms with Crippen LogP contribution in [0.2, 0.25) is 0 Å². The number of hydrogen-bond acceptors (Lipinski definition) is 3. The molecule has 6 nitrogen and oxygen atoms in total. The Labute approximate surface area is 196 Å². The fourth-order valence-corrected chi connectivity index (χ4v) is 3.93. The lowest BCUT2D eigenvalue weighted by Gasteiger charge is -2.14. The third-order valence-electron chi connectivity index (χ3n) is 5.76. The quantitative estimate of drug-likeness (QED) is 0.436. The lowest BCUT2D eigenvalue weighted by Crippen LogP contribution is -2.40. The van der Waals surface area contributed by atoms with E-state index in [2.05, 4.69) is 5.32 Å². The SMILES string of the molecule is Cc1ccc(CNC(=O)CCCn2c(=O)c3ccccc3n(Cc3cccc(F)c3)c2=O)cc1. The van der Waals surface area contributed by atoms with Crippen molar-refractivity contribution < 1.29 is 9.18 Å². The van der Waals surface area contributed by atoms with E-state index >= 15 is 0 Å². The van der Waals surface area contributed by atoms with Gasteiger partial charge in [-0.3, -0.25) is 18.7 Å². The first-order valence-electron chi connectivity index (χ1n) is 11.2. The monoisotopic (exact) mass is 459 g/mol. The van der Waals surface area contributed by atoms with E-state index in [4.69, 9.17) is 0 Å². The number of carbonyl (C=O) groups is 1. The second kappa shape index (κ2) is 10.3. The number of carbonyl (C=O) groups excluding carboxylic acids is 1. The second-order valence-electron chi connectivity index (χ2n) is 8.34. The van der Waals surface area contributed by atoms with Crippen LogP contribution < -0.4 is 16.6 Å². The minimum absolute atomic E-state index is 0.115. The number of aryl methyl sites for hydroxylation is 1. The van der Waals surface area contributed by atoms with Crippen LogP contribution >= 0.6 is 0 Å². The smallest absolute Gasteiger partial charge is 0.331 e. The van der Waals surface area contributed by atoms with Crippen LogP contribution in [0.25, 0.3) is 10.9 Å². The van der Waals surface area contributed by atoms with Crippen molar-refractivity contribution >= 4 is 16.8 Å². The predicted molar refractivity (Wildman–Crippen MR) is 130 cm³/mol. The Hall–Kier alpha value is -4.00. The van der Waals surface area contributed by atoms with Crippen LogP contribution in [0, 0.1) is 12.7 Å². The molecule has 0 atom stereocenters. The van der Waals surface area contributed by atoms with Gasteiger partial charge in [0.05, 0.1) is 17.4 Å². The lowest BCUT2D eigenvalue weighted by atomic mass is 10.1. The van der Waals surface area contributed by atoms with E-state index < -0.39 is 11.2 Å². The summed E-state index contributed by atoms with van der Waals surface area (Å²) >= 11 is 0. The van der Waals surface area contributed by atoms with Crippen molar-refractivity contribution in [2.45, 2.75) is 39.4 Å².